The fourth-order valence-corrected chi connectivity index (χ4v) is 16.3. The molecule has 254 valence electrons. The standard InChI is InChI=1S/C45H26N4O2S2Si/c1-5-13-35-29(9-1)45(30-10-2-6-14-36(30)53-43-41(45)46-21-23-48-43)31-19-17-28(26-37(31)52-35)27-18-20-40-34(25-27)50-32-11-3-7-15-38(32)54(40)39-16-8-4-12-33(39)51-42-44(54)49-24-22-47-42/h1-26H. The molecule has 6 nitrogen and oxygen atoms in total. The highest BCUT2D eigenvalue weighted by atomic mass is 32.2. The van der Waals surface area contributed by atoms with Gasteiger partial charge in [0.05, 0.1) is 11.1 Å². The molecule has 54 heavy (non-hydrogen) atoms. The van der Waals surface area contributed by atoms with Crippen molar-refractivity contribution in [3.8, 4) is 34.3 Å². The van der Waals surface area contributed by atoms with Gasteiger partial charge in [0.1, 0.15) is 27.6 Å². The van der Waals surface area contributed by atoms with Gasteiger partial charge in [0.2, 0.25) is 14.0 Å². The van der Waals surface area contributed by atoms with Crippen LogP contribution in [0.4, 0.5) is 0 Å². The molecule has 0 amide bonds. The number of aromatic nitrogens is 4. The normalized spacial score (nSPS) is 19.0. The van der Waals surface area contributed by atoms with E-state index < -0.39 is 13.5 Å². The van der Waals surface area contributed by atoms with Crippen molar-refractivity contribution in [2.24, 2.45) is 0 Å². The minimum absolute atomic E-state index is 0.560. The molecular weight excluding hydrogens is 721 g/mol. The summed E-state index contributed by atoms with van der Waals surface area (Å²) in [5.41, 5.74) is 6.25. The third-order valence-electron chi connectivity index (χ3n) is 11.2. The van der Waals surface area contributed by atoms with Crippen LogP contribution >= 0.6 is 23.5 Å². The number of benzene rings is 6. The predicted molar refractivity (Wildman–Crippen MR) is 213 cm³/mol. The predicted octanol–water partition coefficient (Wildman–Crippen LogP) is 7.83. The van der Waals surface area contributed by atoms with Gasteiger partial charge in [-0.1, -0.05) is 121 Å². The highest BCUT2D eigenvalue weighted by Gasteiger charge is 2.55. The van der Waals surface area contributed by atoms with Crippen molar-refractivity contribution in [1.82, 2.24) is 19.9 Å². The molecule has 2 aromatic heterocycles. The Bertz CT molecular complexity index is 2580. The lowest BCUT2D eigenvalue weighted by atomic mass is 9.66. The lowest BCUT2D eigenvalue weighted by molar-refractivity contribution is 0.464. The molecule has 0 bridgehead atoms. The highest BCUT2D eigenvalue weighted by Crippen LogP contribution is 2.61. The molecule has 0 N–H and O–H groups in total. The number of para-hydroxylation sites is 2. The molecule has 0 saturated carbocycles. The Labute approximate surface area is 320 Å². The Morgan fingerprint density at radius 1 is 0.463 bits per heavy atom. The maximum atomic E-state index is 6.85. The average Bonchev–Trinajstić information content (AvgIpc) is 3.23. The summed E-state index contributed by atoms with van der Waals surface area (Å²) in [6.07, 6.45) is 7.11. The topological polar surface area (TPSA) is 70.0 Å². The zero-order chi connectivity index (χ0) is 35.4. The molecular formula is C45H26N4O2S2Si. The Morgan fingerprint density at radius 3 is 1.87 bits per heavy atom. The van der Waals surface area contributed by atoms with Gasteiger partial charge in [-0.25, -0.2) is 9.97 Å². The number of fused-ring (bicyclic) bond motifs is 16. The molecule has 12 rings (SSSR count). The van der Waals surface area contributed by atoms with Crippen LogP contribution in [0.25, 0.3) is 11.1 Å². The minimum Gasteiger partial charge on any atom is -0.458 e. The largest absolute Gasteiger partial charge is 0.458 e. The SMILES string of the molecule is c1ccc2c(c1)Oc1cc(-c3ccc4c(c3)Sc3ccccc3C43c4ccccc4Sc4nccnc43)ccc1[Si]21c2ccccc2Oc2nccnc21. The zero-order valence-electron chi connectivity index (χ0n) is 28.4. The lowest BCUT2D eigenvalue weighted by Crippen LogP contribution is -2.78. The van der Waals surface area contributed by atoms with Gasteiger partial charge in [-0.05, 0) is 79.8 Å². The Kier molecular flexibility index (Phi) is 6.35. The van der Waals surface area contributed by atoms with E-state index in [0.29, 0.717) is 5.88 Å². The van der Waals surface area contributed by atoms with Gasteiger partial charge in [0.15, 0.2) is 0 Å². The van der Waals surface area contributed by atoms with Crippen molar-refractivity contribution in [3.05, 3.63) is 181 Å². The van der Waals surface area contributed by atoms with E-state index in [1.807, 2.05) is 36.2 Å². The van der Waals surface area contributed by atoms with Gasteiger partial charge in [-0.2, -0.15) is 0 Å². The second-order valence-corrected chi connectivity index (χ2v) is 19.4. The van der Waals surface area contributed by atoms with Crippen LogP contribution < -0.4 is 30.4 Å². The van der Waals surface area contributed by atoms with Crippen LogP contribution in [-0.4, -0.2) is 28.0 Å². The number of rotatable bonds is 1. The van der Waals surface area contributed by atoms with Crippen molar-refractivity contribution in [2.75, 3.05) is 0 Å². The quantitative estimate of drug-likeness (QED) is 0.158. The zero-order valence-corrected chi connectivity index (χ0v) is 31.1. The van der Waals surface area contributed by atoms with Crippen LogP contribution in [0, 0.1) is 0 Å². The van der Waals surface area contributed by atoms with E-state index in [-0.39, 0.29) is 0 Å². The van der Waals surface area contributed by atoms with Crippen molar-refractivity contribution >= 4 is 52.5 Å². The molecule has 0 fully saturated rings. The van der Waals surface area contributed by atoms with Gasteiger partial charge in [-0.15, -0.1) is 0 Å². The maximum absolute atomic E-state index is 6.85. The van der Waals surface area contributed by atoms with Crippen LogP contribution in [0.5, 0.6) is 23.1 Å². The van der Waals surface area contributed by atoms with Gasteiger partial charge in [0.25, 0.3) is 0 Å². The molecule has 8 aromatic rings. The third kappa shape index (κ3) is 3.93. The molecule has 0 aliphatic carbocycles. The number of nitrogens with zero attached hydrogens (tertiary/aromatic N) is 4. The second kappa shape index (κ2) is 11.3. The number of hydrogen-bond acceptors (Lipinski definition) is 8. The van der Waals surface area contributed by atoms with E-state index in [4.69, 9.17) is 29.4 Å². The molecule has 2 spiro atoms. The minimum atomic E-state index is -2.98. The Balaban J connectivity index is 1.07. The average molecular weight is 747 g/mol. The van der Waals surface area contributed by atoms with Crippen molar-refractivity contribution in [2.45, 2.75) is 25.1 Å². The molecule has 2 unspecified atom stereocenters. The van der Waals surface area contributed by atoms with E-state index in [2.05, 4.69) is 115 Å². The van der Waals surface area contributed by atoms with Crippen LogP contribution in [-0.2, 0) is 5.41 Å². The molecule has 4 aliphatic heterocycles. The van der Waals surface area contributed by atoms with Crippen LogP contribution in [0.15, 0.2) is 178 Å². The molecule has 6 heterocycles. The van der Waals surface area contributed by atoms with Gasteiger partial charge in [0, 0.05) is 39.5 Å². The van der Waals surface area contributed by atoms with Gasteiger partial charge in [-0.3, -0.25) is 9.97 Å². The smallest absolute Gasteiger partial charge is 0.237 e. The first-order valence-corrected chi connectivity index (χ1v) is 21.4. The van der Waals surface area contributed by atoms with Crippen LogP contribution in [0.3, 0.4) is 0 Å². The first-order valence-electron chi connectivity index (χ1n) is 17.8. The Morgan fingerprint density at radius 2 is 1.06 bits per heavy atom. The van der Waals surface area contributed by atoms with Gasteiger partial charge >= 0.3 is 0 Å². The third-order valence-corrected chi connectivity index (χ3v) is 18.1. The van der Waals surface area contributed by atoms with Crippen LogP contribution in [0.2, 0.25) is 0 Å². The summed E-state index contributed by atoms with van der Waals surface area (Å²) in [6, 6.07) is 47.8. The summed E-state index contributed by atoms with van der Waals surface area (Å²) < 4.78 is 13.3. The first kappa shape index (κ1) is 30.5. The molecule has 9 heteroatoms. The summed E-state index contributed by atoms with van der Waals surface area (Å²) in [6.45, 7) is 0. The lowest BCUT2D eigenvalue weighted by Gasteiger charge is -2.44. The maximum Gasteiger partial charge on any atom is 0.237 e. The van der Waals surface area contributed by atoms with Crippen molar-refractivity contribution in [3.63, 3.8) is 0 Å². The van der Waals surface area contributed by atoms with E-state index in [1.165, 1.54) is 31.4 Å². The summed E-state index contributed by atoms with van der Waals surface area (Å²) in [5.74, 6) is 3.05. The summed E-state index contributed by atoms with van der Waals surface area (Å²) in [5, 5.41) is 5.25. The summed E-state index contributed by atoms with van der Waals surface area (Å²) >= 11 is 3.52. The van der Waals surface area contributed by atoms with E-state index >= 15 is 0 Å². The fraction of sp³-hybridized carbons (Fsp3) is 0.0222. The Hall–Kier alpha value is -6.00. The van der Waals surface area contributed by atoms with E-state index in [0.717, 1.165) is 60.0 Å². The summed E-state index contributed by atoms with van der Waals surface area (Å²) in [4.78, 5) is 23.3. The first-order chi connectivity index (χ1) is 26.7. The number of ether oxygens (including phenoxy) is 2. The summed E-state index contributed by atoms with van der Waals surface area (Å²) in [7, 11) is -2.98. The molecule has 0 radical (unpaired) electrons. The fourth-order valence-electron chi connectivity index (χ4n) is 9.05. The van der Waals surface area contributed by atoms with Crippen LogP contribution in [0.1, 0.15) is 22.4 Å². The van der Waals surface area contributed by atoms with Crippen molar-refractivity contribution in [1.29, 1.82) is 0 Å². The second-order valence-electron chi connectivity index (χ2n) is 13.7. The monoisotopic (exact) mass is 746 g/mol. The van der Waals surface area contributed by atoms with E-state index in [1.54, 1.807) is 30.4 Å². The van der Waals surface area contributed by atoms with Gasteiger partial charge < -0.3 is 9.47 Å². The highest BCUT2D eigenvalue weighted by molar-refractivity contribution is 7.99. The number of hydrogen-bond donors (Lipinski definition) is 0. The molecule has 2 atom stereocenters. The molecule has 6 aromatic carbocycles. The van der Waals surface area contributed by atoms with E-state index in [9.17, 15) is 0 Å². The molecule has 4 aliphatic rings. The van der Waals surface area contributed by atoms with Crippen molar-refractivity contribution < 1.29 is 9.47 Å². The molecule has 0 saturated heterocycles.